The maximum absolute atomic E-state index is 5.77. The van der Waals surface area contributed by atoms with Crippen LogP contribution >= 0.6 is 27.5 Å². The molecule has 0 amide bonds. The van der Waals surface area contributed by atoms with Gasteiger partial charge in [-0.3, -0.25) is 0 Å². The normalized spacial score (nSPS) is 10.5. The Morgan fingerprint density at radius 2 is 2.29 bits per heavy atom. The van der Waals surface area contributed by atoms with Crippen molar-refractivity contribution in [3.05, 3.63) is 40.4 Å². The molecule has 0 radical (unpaired) electrons. The van der Waals surface area contributed by atoms with E-state index in [4.69, 9.17) is 16.3 Å². The summed E-state index contributed by atoms with van der Waals surface area (Å²) in [5, 5.41) is 4.13. The fraction of sp³-hybridized carbons (Fsp3) is 0.273. The number of benzene rings is 1. The number of halogens is 2. The Hall–Kier alpha value is -1.07. The molecule has 0 N–H and O–H groups in total. The Labute approximate surface area is 113 Å². The van der Waals surface area contributed by atoms with Crippen LogP contribution < -0.4 is 4.74 Å². The Bertz CT molecular complexity index is 515. The maximum atomic E-state index is 5.77. The van der Waals surface area contributed by atoms with E-state index in [2.05, 4.69) is 26.0 Å². The van der Waals surface area contributed by atoms with Gasteiger partial charge in [0.25, 0.3) is 0 Å². The molecule has 0 aliphatic carbocycles. The lowest BCUT2D eigenvalue weighted by molar-refractivity contribution is 0.412. The van der Waals surface area contributed by atoms with Crippen LogP contribution in [0.25, 0.3) is 0 Å². The molecule has 1 heterocycles. The quantitative estimate of drug-likeness (QED) is 0.814. The van der Waals surface area contributed by atoms with Gasteiger partial charge in [-0.25, -0.2) is 9.67 Å². The largest absolute Gasteiger partial charge is 0.496 e. The van der Waals surface area contributed by atoms with Gasteiger partial charge in [-0.1, -0.05) is 6.07 Å². The summed E-state index contributed by atoms with van der Waals surface area (Å²) < 4.78 is 7.88. The molecule has 90 valence electrons. The molecule has 2 aromatic rings. The van der Waals surface area contributed by atoms with Crippen molar-refractivity contribution in [1.29, 1.82) is 0 Å². The molecule has 0 saturated carbocycles. The lowest BCUT2D eigenvalue weighted by Crippen LogP contribution is -2.05. The van der Waals surface area contributed by atoms with E-state index in [-0.39, 0.29) is 0 Å². The van der Waals surface area contributed by atoms with E-state index in [1.807, 2.05) is 18.2 Å². The number of rotatable bonds is 4. The minimum absolute atomic E-state index is 0.358. The number of hydrogen-bond donors (Lipinski definition) is 0. The molecule has 0 aliphatic heterocycles. The fourth-order valence-electron chi connectivity index (χ4n) is 1.50. The van der Waals surface area contributed by atoms with Gasteiger partial charge in [-0.15, -0.1) is 11.6 Å². The highest BCUT2D eigenvalue weighted by atomic mass is 79.9. The standard InChI is InChI=1S/C11H11BrClN3O/c1-17-10-3-2-8(4-9(10)12)6-16-11(5-13)14-7-15-16/h2-4,7H,5-6H2,1H3. The Kier molecular flexibility index (Phi) is 4.02. The van der Waals surface area contributed by atoms with Crippen molar-refractivity contribution in [3.8, 4) is 5.75 Å². The maximum Gasteiger partial charge on any atom is 0.142 e. The summed E-state index contributed by atoms with van der Waals surface area (Å²) >= 11 is 9.22. The minimum atomic E-state index is 0.358. The van der Waals surface area contributed by atoms with Crippen LogP contribution in [0.3, 0.4) is 0 Å². The van der Waals surface area contributed by atoms with Crippen LogP contribution in [0.15, 0.2) is 29.0 Å². The van der Waals surface area contributed by atoms with Gasteiger partial charge >= 0.3 is 0 Å². The van der Waals surface area contributed by atoms with Gasteiger partial charge in [-0.2, -0.15) is 5.10 Å². The smallest absolute Gasteiger partial charge is 0.142 e. The van der Waals surface area contributed by atoms with Crippen molar-refractivity contribution in [2.45, 2.75) is 12.4 Å². The molecule has 0 saturated heterocycles. The van der Waals surface area contributed by atoms with Gasteiger partial charge in [0, 0.05) is 0 Å². The second-order valence-electron chi connectivity index (χ2n) is 3.44. The summed E-state index contributed by atoms with van der Waals surface area (Å²) in [5.41, 5.74) is 1.11. The highest BCUT2D eigenvalue weighted by Gasteiger charge is 2.06. The molecule has 0 atom stereocenters. The summed E-state index contributed by atoms with van der Waals surface area (Å²) in [5.74, 6) is 1.93. The van der Waals surface area contributed by atoms with Crippen molar-refractivity contribution in [2.24, 2.45) is 0 Å². The number of methoxy groups -OCH3 is 1. The second kappa shape index (κ2) is 5.51. The third-order valence-electron chi connectivity index (χ3n) is 2.36. The van der Waals surface area contributed by atoms with Gasteiger partial charge in [0.15, 0.2) is 0 Å². The molecule has 0 bridgehead atoms. The molecule has 1 aromatic heterocycles. The molecule has 6 heteroatoms. The van der Waals surface area contributed by atoms with Crippen molar-refractivity contribution in [1.82, 2.24) is 14.8 Å². The van der Waals surface area contributed by atoms with Gasteiger partial charge in [0.2, 0.25) is 0 Å². The molecule has 1 aromatic carbocycles. The minimum Gasteiger partial charge on any atom is -0.496 e. The van der Waals surface area contributed by atoms with Gasteiger partial charge in [-0.05, 0) is 33.6 Å². The second-order valence-corrected chi connectivity index (χ2v) is 4.56. The van der Waals surface area contributed by atoms with E-state index in [0.717, 1.165) is 21.6 Å². The average Bonchev–Trinajstić information content (AvgIpc) is 2.76. The van der Waals surface area contributed by atoms with Crippen LogP contribution in [-0.4, -0.2) is 21.9 Å². The monoisotopic (exact) mass is 315 g/mol. The number of ether oxygens (including phenoxy) is 1. The van der Waals surface area contributed by atoms with Crippen LogP contribution in [0.2, 0.25) is 0 Å². The first kappa shape index (κ1) is 12.4. The fourth-order valence-corrected chi connectivity index (χ4v) is 2.30. The van der Waals surface area contributed by atoms with Crippen molar-refractivity contribution in [2.75, 3.05) is 7.11 Å². The van der Waals surface area contributed by atoms with Crippen LogP contribution in [0, 0.1) is 0 Å². The lowest BCUT2D eigenvalue weighted by atomic mass is 10.2. The van der Waals surface area contributed by atoms with Crippen molar-refractivity contribution in [3.63, 3.8) is 0 Å². The Morgan fingerprint density at radius 3 is 2.94 bits per heavy atom. The summed E-state index contributed by atoms with van der Waals surface area (Å²) in [4.78, 5) is 4.07. The van der Waals surface area contributed by atoms with Gasteiger partial charge in [0.05, 0.1) is 24.0 Å². The molecular formula is C11H11BrClN3O. The first-order valence-corrected chi connectivity index (χ1v) is 6.32. The van der Waals surface area contributed by atoms with Crippen LogP contribution in [0.5, 0.6) is 5.75 Å². The first-order chi connectivity index (χ1) is 8.24. The summed E-state index contributed by atoms with van der Waals surface area (Å²) in [7, 11) is 1.64. The van der Waals surface area contributed by atoms with Crippen molar-refractivity contribution < 1.29 is 4.74 Å². The van der Waals surface area contributed by atoms with Gasteiger partial charge in [0.1, 0.15) is 17.9 Å². The Balaban J connectivity index is 2.22. The molecule has 2 rings (SSSR count). The summed E-state index contributed by atoms with van der Waals surface area (Å²) in [6, 6.07) is 5.90. The predicted molar refractivity (Wildman–Crippen MR) is 69.4 cm³/mol. The number of nitrogens with zero attached hydrogens (tertiary/aromatic N) is 3. The van der Waals surface area contributed by atoms with Crippen LogP contribution in [0.1, 0.15) is 11.4 Å². The van der Waals surface area contributed by atoms with Crippen LogP contribution in [0.4, 0.5) is 0 Å². The van der Waals surface area contributed by atoms with E-state index in [9.17, 15) is 0 Å². The summed E-state index contributed by atoms with van der Waals surface area (Å²) in [6.45, 7) is 0.643. The van der Waals surface area contributed by atoms with E-state index in [1.165, 1.54) is 6.33 Å². The first-order valence-electron chi connectivity index (χ1n) is 4.99. The number of alkyl halides is 1. The number of aromatic nitrogens is 3. The lowest BCUT2D eigenvalue weighted by Gasteiger charge is -2.07. The zero-order valence-corrected chi connectivity index (χ0v) is 11.6. The zero-order valence-electron chi connectivity index (χ0n) is 9.23. The van der Waals surface area contributed by atoms with E-state index in [1.54, 1.807) is 11.8 Å². The molecule has 4 nitrogen and oxygen atoms in total. The average molecular weight is 317 g/mol. The third-order valence-corrected chi connectivity index (χ3v) is 3.22. The highest BCUT2D eigenvalue weighted by molar-refractivity contribution is 9.10. The predicted octanol–water partition coefficient (Wildman–Crippen LogP) is 2.84. The third kappa shape index (κ3) is 2.79. The Morgan fingerprint density at radius 1 is 1.47 bits per heavy atom. The summed E-state index contributed by atoms with van der Waals surface area (Å²) in [6.07, 6.45) is 1.51. The molecule has 0 unspecified atom stereocenters. The zero-order chi connectivity index (χ0) is 12.3. The topological polar surface area (TPSA) is 39.9 Å². The highest BCUT2D eigenvalue weighted by Crippen LogP contribution is 2.25. The molecule has 17 heavy (non-hydrogen) atoms. The molecular weight excluding hydrogens is 305 g/mol. The number of hydrogen-bond acceptors (Lipinski definition) is 3. The van der Waals surface area contributed by atoms with E-state index in [0.29, 0.717) is 12.4 Å². The van der Waals surface area contributed by atoms with Crippen molar-refractivity contribution >= 4 is 27.5 Å². The van der Waals surface area contributed by atoms with E-state index >= 15 is 0 Å². The molecule has 0 aliphatic rings. The van der Waals surface area contributed by atoms with E-state index < -0.39 is 0 Å². The molecule has 0 spiro atoms. The van der Waals surface area contributed by atoms with Gasteiger partial charge < -0.3 is 4.74 Å². The SMILES string of the molecule is COc1ccc(Cn2ncnc2CCl)cc1Br. The molecule has 0 fully saturated rings. The van der Waals surface area contributed by atoms with Crippen LogP contribution in [-0.2, 0) is 12.4 Å².